The van der Waals surface area contributed by atoms with Gasteiger partial charge in [-0.1, -0.05) is 0 Å². The van der Waals surface area contributed by atoms with Crippen LogP contribution in [0.3, 0.4) is 0 Å². The van der Waals surface area contributed by atoms with E-state index in [1.807, 2.05) is 29.0 Å². The number of methoxy groups -OCH3 is 1. The van der Waals surface area contributed by atoms with Gasteiger partial charge < -0.3 is 19.8 Å². The first-order chi connectivity index (χ1) is 15.4. The molecule has 1 saturated carbocycles. The van der Waals surface area contributed by atoms with Crippen molar-refractivity contribution in [1.82, 2.24) is 24.6 Å². The summed E-state index contributed by atoms with van der Waals surface area (Å²) in [5, 5.41) is 6.91. The van der Waals surface area contributed by atoms with Gasteiger partial charge in [-0.2, -0.15) is 15.1 Å². The second-order valence-corrected chi connectivity index (χ2v) is 8.19. The molecule has 1 aliphatic carbocycles. The van der Waals surface area contributed by atoms with Gasteiger partial charge in [-0.05, 0) is 54.7 Å². The van der Waals surface area contributed by atoms with Crippen molar-refractivity contribution < 1.29 is 9.47 Å². The van der Waals surface area contributed by atoms with E-state index in [4.69, 9.17) is 33.0 Å². The van der Waals surface area contributed by atoms with Gasteiger partial charge in [0.1, 0.15) is 5.65 Å². The van der Waals surface area contributed by atoms with Crippen molar-refractivity contribution in [3.05, 3.63) is 36.8 Å². The third-order valence-corrected chi connectivity index (χ3v) is 5.78. The summed E-state index contributed by atoms with van der Waals surface area (Å²) in [5.41, 5.74) is 3.71. The van der Waals surface area contributed by atoms with Gasteiger partial charge in [-0.3, -0.25) is 0 Å². The number of hydrogen-bond acceptors (Lipinski definition) is 6. The lowest BCUT2D eigenvalue weighted by Crippen LogP contribution is -2.41. The largest absolute Gasteiger partial charge is 0.480 e. The number of fused-ring (bicyclic) bond motifs is 2. The van der Waals surface area contributed by atoms with Crippen LogP contribution in [0.15, 0.2) is 36.8 Å². The first kappa shape index (κ1) is 20.9. The molecule has 0 bridgehead atoms. The van der Waals surface area contributed by atoms with Crippen molar-refractivity contribution >= 4 is 46.0 Å². The average Bonchev–Trinajstić information content (AvgIpc) is 3.40. The maximum Gasteiger partial charge on any atom is 0.228 e. The van der Waals surface area contributed by atoms with E-state index in [0.29, 0.717) is 17.5 Å². The molecule has 1 fully saturated rings. The number of aromatic amines is 1. The van der Waals surface area contributed by atoms with E-state index in [9.17, 15) is 0 Å². The van der Waals surface area contributed by atoms with Crippen molar-refractivity contribution in [2.75, 3.05) is 12.4 Å². The van der Waals surface area contributed by atoms with Crippen molar-refractivity contribution in [3.63, 3.8) is 0 Å². The number of aromatic nitrogens is 5. The predicted molar refractivity (Wildman–Crippen MR) is 125 cm³/mol. The minimum atomic E-state index is -1.60. The quantitative estimate of drug-likeness (QED) is 0.464. The van der Waals surface area contributed by atoms with E-state index in [-0.39, 0.29) is 12.1 Å². The Morgan fingerprint density at radius 3 is 2.72 bits per heavy atom. The zero-order valence-corrected chi connectivity index (χ0v) is 17.8. The van der Waals surface area contributed by atoms with Crippen LogP contribution in [-0.2, 0) is 4.74 Å². The van der Waals surface area contributed by atoms with Gasteiger partial charge in [-0.25, -0.2) is 4.52 Å². The molecule has 1 aliphatic rings. The Morgan fingerprint density at radius 1 is 1.16 bits per heavy atom. The number of rotatable bonds is 6. The number of anilines is 1. The number of hydrogen-bond donors (Lipinski definition) is 2. The van der Waals surface area contributed by atoms with Crippen LogP contribution in [0.4, 0.5) is 5.95 Å². The summed E-state index contributed by atoms with van der Waals surface area (Å²) in [5.74, 6) is 1.03. The standard InChI is InChI=1S/C21H21B3N6O2/c1-31-19-17-16(12-7-9-30-14(10-12)6-8-26-30)11-25-18(17)28-20(29-19)27-13-2-4-15(5-3-13)32-21(22,23)24/h6-11,13,15H,2-5H2,1H3,(H2,25,27,28,29). The molecule has 8 nitrogen and oxygen atoms in total. The lowest BCUT2D eigenvalue weighted by molar-refractivity contribution is 0.0202. The summed E-state index contributed by atoms with van der Waals surface area (Å²) < 4.78 is 12.9. The third-order valence-electron chi connectivity index (χ3n) is 5.78. The highest BCUT2D eigenvalue weighted by molar-refractivity contribution is 6.58. The van der Waals surface area contributed by atoms with Crippen LogP contribution in [0.1, 0.15) is 25.7 Å². The molecule has 4 aromatic heterocycles. The Balaban J connectivity index is 1.37. The normalized spacial score (nSPS) is 19.4. The van der Waals surface area contributed by atoms with Crippen molar-refractivity contribution in [1.29, 1.82) is 0 Å². The van der Waals surface area contributed by atoms with Gasteiger partial charge in [0.2, 0.25) is 11.8 Å². The Bertz CT molecular complexity index is 1240. The van der Waals surface area contributed by atoms with E-state index in [0.717, 1.165) is 47.7 Å². The summed E-state index contributed by atoms with van der Waals surface area (Å²) in [4.78, 5) is 12.6. The van der Waals surface area contributed by atoms with Gasteiger partial charge in [-0.15, -0.1) is 0 Å². The van der Waals surface area contributed by atoms with Gasteiger partial charge in [0.25, 0.3) is 0 Å². The van der Waals surface area contributed by atoms with E-state index in [1.165, 1.54) is 0 Å². The first-order valence-electron chi connectivity index (χ1n) is 10.6. The van der Waals surface area contributed by atoms with Gasteiger partial charge in [0.05, 0.1) is 47.7 Å². The topological polar surface area (TPSA) is 89.4 Å². The van der Waals surface area contributed by atoms with Gasteiger partial charge in [0.15, 0.2) is 0 Å². The molecule has 0 spiro atoms. The molecular formula is C21H21B3N6O2. The van der Waals surface area contributed by atoms with Crippen molar-refractivity contribution in [2.45, 2.75) is 43.1 Å². The Hall–Kier alpha value is -2.94. The van der Waals surface area contributed by atoms with Crippen LogP contribution >= 0.6 is 0 Å². The SMILES string of the molecule is [B]C([B])([B])OC1CCC(Nc2nc(OC)c3c(-c4ccn5nccc5c4)c[nH]c3n2)CC1. The molecule has 4 heterocycles. The average molecular weight is 422 g/mol. The van der Waals surface area contributed by atoms with Crippen LogP contribution < -0.4 is 10.1 Å². The second kappa shape index (κ2) is 8.20. The van der Waals surface area contributed by atoms with E-state index < -0.39 is 5.30 Å². The molecule has 0 aromatic carbocycles. The number of nitrogens with zero attached hydrogens (tertiary/aromatic N) is 4. The molecule has 156 valence electrons. The molecule has 0 unspecified atom stereocenters. The molecule has 6 radical (unpaired) electrons. The van der Waals surface area contributed by atoms with E-state index in [2.05, 4.69) is 31.4 Å². The Kier molecular flexibility index (Phi) is 5.37. The number of nitrogens with one attached hydrogen (secondary N) is 2. The number of pyridine rings is 1. The predicted octanol–water partition coefficient (Wildman–Crippen LogP) is 2.14. The molecule has 4 aromatic rings. The van der Waals surface area contributed by atoms with Crippen LogP contribution in [0.5, 0.6) is 5.88 Å². The summed E-state index contributed by atoms with van der Waals surface area (Å²) in [6, 6.07) is 6.24. The lowest BCUT2D eigenvalue weighted by Gasteiger charge is -2.34. The monoisotopic (exact) mass is 422 g/mol. The number of ether oxygens (including phenoxy) is 2. The molecule has 5 rings (SSSR count). The Morgan fingerprint density at radius 2 is 1.97 bits per heavy atom. The highest BCUT2D eigenvalue weighted by Crippen LogP contribution is 2.35. The van der Waals surface area contributed by atoms with E-state index in [1.54, 1.807) is 13.3 Å². The van der Waals surface area contributed by atoms with E-state index >= 15 is 0 Å². The Labute approximate surface area is 189 Å². The fourth-order valence-corrected chi connectivity index (χ4v) is 4.33. The smallest absolute Gasteiger partial charge is 0.228 e. The van der Waals surface area contributed by atoms with Crippen LogP contribution in [-0.4, -0.2) is 72.7 Å². The summed E-state index contributed by atoms with van der Waals surface area (Å²) in [6.45, 7) is 0. The molecule has 0 atom stereocenters. The van der Waals surface area contributed by atoms with Gasteiger partial charge >= 0.3 is 0 Å². The molecule has 0 amide bonds. The molecular weight excluding hydrogens is 401 g/mol. The zero-order chi connectivity index (χ0) is 22.3. The molecule has 11 heteroatoms. The zero-order valence-electron chi connectivity index (χ0n) is 17.8. The maximum atomic E-state index is 5.63. The highest BCUT2D eigenvalue weighted by atomic mass is 16.5. The summed E-state index contributed by atoms with van der Waals surface area (Å²) >= 11 is 0. The van der Waals surface area contributed by atoms with Crippen molar-refractivity contribution in [3.8, 4) is 17.0 Å². The number of H-pyrrole nitrogens is 1. The molecule has 2 N–H and O–H groups in total. The second-order valence-electron chi connectivity index (χ2n) is 8.19. The van der Waals surface area contributed by atoms with Crippen LogP contribution in [0, 0.1) is 0 Å². The lowest BCUT2D eigenvalue weighted by atomic mass is 9.52. The minimum Gasteiger partial charge on any atom is -0.480 e. The fraction of sp³-hybridized carbons (Fsp3) is 0.381. The van der Waals surface area contributed by atoms with Crippen LogP contribution in [0.2, 0.25) is 0 Å². The summed E-state index contributed by atoms with van der Waals surface area (Å²) in [6.07, 6.45) is 8.91. The minimum absolute atomic E-state index is 0.0509. The molecule has 32 heavy (non-hydrogen) atoms. The molecule has 0 aliphatic heterocycles. The fourth-order valence-electron chi connectivity index (χ4n) is 4.33. The molecule has 0 saturated heterocycles. The van der Waals surface area contributed by atoms with Gasteiger partial charge in [0, 0.05) is 30.2 Å². The van der Waals surface area contributed by atoms with Crippen LogP contribution in [0.25, 0.3) is 27.7 Å². The van der Waals surface area contributed by atoms with Crippen molar-refractivity contribution in [2.24, 2.45) is 0 Å². The maximum absolute atomic E-state index is 5.63. The highest BCUT2D eigenvalue weighted by Gasteiger charge is 2.26. The summed E-state index contributed by atoms with van der Waals surface area (Å²) in [7, 11) is 18.3. The first-order valence-corrected chi connectivity index (χ1v) is 10.6. The third kappa shape index (κ3) is 4.21.